The minimum absolute atomic E-state index is 0.0833. The second-order valence-electron chi connectivity index (χ2n) is 1.65. The molecule has 0 aromatic carbocycles. The molecule has 0 aliphatic rings. The summed E-state index contributed by atoms with van der Waals surface area (Å²) in [6.45, 7) is -0.250. The summed E-state index contributed by atoms with van der Waals surface area (Å²) in [5, 5.41) is 35.9. The number of thiol groups is 2. The lowest BCUT2D eigenvalue weighted by molar-refractivity contribution is -0.134. The van der Waals surface area contributed by atoms with Crippen molar-refractivity contribution < 1.29 is 34.8 Å². The SMILES string of the molecule is N=C=O.O=C(O)CS.O=C(O)CS.OCCO. The van der Waals surface area contributed by atoms with Crippen LogP contribution in [0.2, 0.25) is 0 Å². The molecule has 0 heterocycles. The number of nitrogens with one attached hydrogen (secondary N) is 1. The Balaban J connectivity index is -0.0000000676. The zero-order valence-electron chi connectivity index (χ0n) is 8.74. The fraction of sp³-hybridized carbons (Fsp3) is 0.571. The number of aliphatic carboxylic acids is 2. The molecular weight excluding hydrogens is 274 g/mol. The van der Waals surface area contributed by atoms with E-state index >= 15 is 0 Å². The first-order chi connectivity index (χ1) is 7.87. The van der Waals surface area contributed by atoms with Crippen molar-refractivity contribution in [2.45, 2.75) is 0 Å². The molecule has 0 aromatic rings. The van der Waals surface area contributed by atoms with E-state index in [1.807, 2.05) is 0 Å². The lowest BCUT2D eigenvalue weighted by atomic mass is 10.8. The molecule has 0 aliphatic heterocycles. The molecule has 0 fully saturated rings. The standard InChI is InChI=1S/2C2H4O2S.C2H6O2.CHNO/c2*3-2(4)1-5;3-1-2-4;2-1-3/h2*5H,1H2,(H,3,4);3-4H,1-2H2;2H. The van der Waals surface area contributed by atoms with Crippen molar-refractivity contribution in [3.05, 3.63) is 0 Å². The molecule has 0 saturated carbocycles. The predicted molar refractivity (Wildman–Crippen MR) is 65.6 cm³/mol. The first kappa shape index (κ1) is 25.0. The van der Waals surface area contributed by atoms with Crippen molar-refractivity contribution in [2.75, 3.05) is 24.7 Å². The largest absolute Gasteiger partial charge is 0.481 e. The van der Waals surface area contributed by atoms with Gasteiger partial charge >= 0.3 is 11.9 Å². The van der Waals surface area contributed by atoms with E-state index in [4.69, 9.17) is 30.6 Å². The molecule has 0 bridgehead atoms. The zero-order chi connectivity index (χ0) is 14.7. The molecular formula is C7H15NO7S2. The average Bonchev–Trinajstić information content (AvgIpc) is 2.31. The molecule has 0 aliphatic carbocycles. The maximum absolute atomic E-state index is 9.29. The van der Waals surface area contributed by atoms with Crippen LogP contribution in [0.5, 0.6) is 0 Å². The van der Waals surface area contributed by atoms with Crippen LogP contribution < -0.4 is 0 Å². The maximum atomic E-state index is 9.29. The van der Waals surface area contributed by atoms with E-state index in [1.54, 1.807) is 0 Å². The Labute approximate surface area is 109 Å². The Kier molecular flexibility index (Phi) is 43.1. The monoisotopic (exact) mass is 289 g/mol. The zero-order valence-corrected chi connectivity index (χ0v) is 10.5. The molecule has 0 unspecified atom stereocenters. The Bertz CT molecular complexity index is 190. The van der Waals surface area contributed by atoms with Crippen LogP contribution in [-0.4, -0.2) is 63.2 Å². The highest BCUT2D eigenvalue weighted by atomic mass is 32.1. The predicted octanol–water partition coefficient (Wildman–Crippen LogP) is -1.13. The summed E-state index contributed by atoms with van der Waals surface area (Å²) in [4.78, 5) is 26.9. The molecule has 0 rings (SSSR count). The summed E-state index contributed by atoms with van der Waals surface area (Å²) in [6.07, 6.45) is 0.750. The first-order valence-electron chi connectivity index (χ1n) is 3.78. The van der Waals surface area contributed by atoms with Crippen LogP contribution in [-0.2, 0) is 14.4 Å². The molecule has 0 atom stereocenters. The number of isocyanates is 1. The van der Waals surface area contributed by atoms with Gasteiger partial charge in [0.05, 0.1) is 24.7 Å². The summed E-state index contributed by atoms with van der Waals surface area (Å²) in [5.74, 6) is -1.93. The molecule has 0 radical (unpaired) electrons. The summed E-state index contributed by atoms with van der Waals surface area (Å²) < 4.78 is 0. The van der Waals surface area contributed by atoms with Gasteiger partial charge in [-0.25, -0.2) is 10.2 Å². The second-order valence-corrected chi connectivity index (χ2v) is 2.29. The molecule has 5 N–H and O–H groups in total. The van der Waals surface area contributed by atoms with E-state index in [0.717, 1.165) is 6.08 Å². The number of aliphatic hydroxyl groups is 2. The third-order valence-electron chi connectivity index (χ3n) is 0.371. The van der Waals surface area contributed by atoms with Crippen LogP contribution in [0.25, 0.3) is 0 Å². The van der Waals surface area contributed by atoms with Crippen LogP contribution in [0.3, 0.4) is 0 Å². The average molecular weight is 289 g/mol. The van der Waals surface area contributed by atoms with Crippen LogP contribution in [0.15, 0.2) is 0 Å². The first-order valence-corrected chi connectivity index (χ1v) is 5.05. The molecule has 0 spiro atoms. The molecule has 0 aromatic heterocycles. The van der Waals surface area contributed by atoms with Gasteiger partial charge in [0.2, 0.25) is 6.08 Å². The summed E-state index contributed by atoms with van der Waals surface area (Å²) in [7, 11) is 0. The lowest BCUT2D eigenvalue weighted by Crippen LogP contribution is -1.92. The summed E-state index contributed by atoms with van der Waals surface area (Å²) >= 11 is 6.83. The summed E-state index contributed by atoms with van der Waals surface area (Å²) in [5.41, 5.74) is 0. The Hall–Kier alpha value is -1.06. The topological polar surface area (TPSA) is 156 Å². The van der Waals surface area contributed by atoms with Crippen LogP contribution >= 0.6 is 25.3 Å². The number of rotatable bonds is 3. The third kappa shape index (κ3) is 161. The van der Waals surface area contributed by atoms with Crippen molar-refractivity contribution in [1.29, 1.82) is 5.41 Å². The van der Waals surface area contributed by atoms with Gasteiger partial charge in [0, 0.05) is 0 Å². The van der Waals surface area contributed by atoms with Crippen molar-refractivity contribution in [2.24, 2.45) is 0 Å². The second kappa shape index (κ2) is 29.4. The minimum Gasteiger partial charge on any atom is -0.481 e. The van der Waals surface area contributed by atoms with Gasteiger partial charge in [-0.05, 0) is 0 Å². The van der Waals surface area contributed by atoms with Gasteiger partial charge in [-0.1, -0.05) is 0 Å². The van der Waals surface area contributed by atoms with Crippen LogP contribution in [0, 0.1) is 5.41 Å². The van der Waals surface area contributed by atoms with E-state index in [9.17, 15) is 9.59 Å². The Morgan fingerprint density at radius 2 is 1.12 bits per heavy atom. The number of aliphatic hydroxyl groups excluding tert-OH is 2. The molecule has 10 heteroatoms. The highest BCUT2D eigenvalue weighted by Gasteiger charge is 1.82. The fourth-order valence-electron chi connectivity index (χ4n) is 0. The van der Waals surface area contributed by atoms with Crippen molar-refractivity contribution in [3.8, 4) is 0 Å². The number of hydrogen-bond acceptors (Lipinski definition) is 8. The number of carbonyl (C=O) groups is 2. The van der Waals surface area contributed by atoms with E-state index in [-0.39, 0.29) is 24.7 Å². The van der Waals surface area contributed by atoms with E-state index < -0.39 is 11.9 Å². The Morgan fingerprint density at radius 3 is 1.12 bits per heavy atom. The maximum Gasteiger partial charge on any atom is 0.313 e. The summed E-state index contributed by atoms with van der Waals surface area (Å²) in [6, 6.07) is 0. The fourth-order valence-corrected chi connectivity index (χ4v) is 0. The number of carboxylic acids is 2. The van der Waals surface area contributed by atoms with Gasteiger partial charge in [0.25, 0.3) is 0 Å². The molecule has 8 nitrogen and oxygen atoms in total. The smallest absolute Gasteiger partial charge is 0.313 e. The van der Waals surface area contributed by atoms with Gasteiger partial charge in [-0.3, -0.25) is 9.59 Å². The van der Waals surface area contributed by atoms with Crippen molar-refractivity contribution in [1.82, 2.24) is 0 Å². The van der Waals surface area contributed by atoms with Gasteiger partial charge in [-0.2, -0.15) is 25.3 Å². The highest BCUT2D eigenvalue weighted by molar-refractivity contribution is 7.81. The Morgan fingerprint density at radius 1 is 1.00 bits per heavy atom. The third-order valence-corrected chi connectivity index (χ3v) is 0.912. The molecule has 17 heavy (non-hydrogen) atoms. The molecule has 0 saturated heterocycles. The number of carboxylic acid groups (broad SMARTS) is 2. The molecule has 102 valence electrons. The number of hydrogen-bond donors (Lipinski definition) is 7. The van der Waals surface area contributed by atoms with E-state index in [0.29, 0.717) is 0 Å². The quantitative estimate of drug-likeness (QED) is 0.197. The number of carbonyl (C=O) groups excluding carboxylic acids is 1. The van der Waals surface area contributed by atoms with E-state index in [1.165, 1.54) is 0 Å². The van der Waals surface area contributed by atoms with Gasteiger partial charge in [0.1, 0.15) is 0 Å². The van der Waals surface area contributed by atoms with Crippen LogP contribution in [0.1, 0.15) is 0 Å². The lowest BCUT2D eigenvalue weighted by Gasteiger charge is -1.71. The van der Waals surface area contributed by atoms with Crippen molar-refractivity contribution in [3.63, 3.8) is 0 Å². The van der Waals surface area contributed by atoms with Gasteiger partial charge in [-0.15, -0.1) is 0 Å². The van der Waals surface area contributed by atoms with Crippen LogP contribution in [0.4, 0.5) is 0 Å². The van der Waals surface area contributed by atoms with E-state index in [2.05, 4.69) is 25.3 Å². The van der Waals surface area contributed by atoms with Gasteiger partial charge < -0.3 is 20.4 Å². The van der Waals surface area contributed by atoms with Gasteiger partial charge in [0.15, 0.2) is 0 Å². The molecule has 0 amide bonds. The van der Waals surface area contributed by atoms with Crippen molar-refractivity contribution >= 4 is 43.3 Å². The highest BCUT2D eigenvalue weighted by Crippen LogP contribution is 1.66. The minimum atomic E-state index is -0.881. The normalized spacial score (nSPS) is 6.59.